The molecule has 0 N–H and O–H groups in total. The van der Waals surface area contributed by atoms with Crippen LogP contribution in [0.5, 0.6) is 5.75 Å². The van der Waals surface area contributed by atoms with Gasteiger partial charge in [0.05, 0.1) is 17.2 Å². The molecular weight excluding hydrogens is 295 g/mol. The van der Waals surface area contributed by atoms with Crippen molar-refractivity contribution in [3.05, 3.63) is 63.6 Å². The van der Waals surface area contributed by atoms with Gasteiger partial charge >= 0.3 is 0 Å². The van der Waals surface area contributed by atoms with E-state index in [-0.39, 0.29) is 5.78 Å². The molecule has 0 spiro atoms. The first-order valence-electron chi connectivity index (χ1n) is 6.17. The van der Waals surface area contributed by atoms with E-state index in [1.165, 1.54) is 0 Å². The van der Waals surface area contributed by atoms with E-state index in [1.54, 1.807) is 19.2 Å². The van der Waals surface area contributed by atoms with Crippen molar-refractivity contribution in [1.29, 1.82) is 0 Å². The molecule has 0 aromatic heterocycles. The van der Waals surface area contributed by atoms with E-state index in [9.17, 15) is 4.79 Å². The Morgan fingerprint density at radius 1 is 1.00 bits per heavy atom. The highest BCUT2D eigenvalue weighted by atomic mass is 35.5. The van der Waals surface area contributed by atoms with Crippen molar-refractivity contribution in [2.45, 2.75) is 12.8 Å². The number of benzene rings is 2. The Morgan fingerprint density at radius 3 is 2.35 bits per heavy atom. The van der Waals surface area contributed by atoms with Crippen LogP contribution in [0, 0.1) is 0 Å². The van der Waals surface area contributed by atoms with Gasteiger partial charge in [-0.05, 0) is 35.4 Å². The number of rotatable bonds is 5. The van der Waals surface area contributed by atoms with Gasteiger partial charge in [0.1, 0.15) is 11.5 Å². The molecule has 0 atom stereocenters. The summed E-state index contributed by atoms with van der Waals surface area (Å²) >= 11 is 11.8. The van der Waals surface area contributed by atoms with Crippen LogP contribution in [0.15, 0.2) is 42.5 Å². The zero-order chi connectivity index (χ0) is 14.5. The third kappa shape index (κ3) is 3.99. The van der Waals surface area contributed by atoms with Crippen LogP contribution < -0.4 is 4.74 Å². The summed E-state index contributed by atoms with van der Waals surface area (Å²) in [5, 5.41) is 0.967. The molecule has 2 rings (SSSR count). The van der Waals surface area contributed by atoms with Crippen molar-refractivity contribution < 1.29 is 9.53 Å². The summed E-state index contributed by atoms with van der Waals surface area (Å²) in [6.45, 7) is 0. The molecule has 104 valence electrons. The molecule has 4 heteroatoms. The fourth-order valence-electron chi connectivity index (χ4n) is 1.95. The lowest BCUT2D eigenvalue weighted by Crippen LogP contribution is -2.06. The summed E-state index contributed by atoms with van der Waals surface area (Å²) in [5.74, 6) is 0.876. The SMILES string of the molecule is COc1cccc(CC(=O)Cc2ccc(Cl)c(Cl)c2)c1. The van der Waals surface area contributed by atoms with Crippen molar-refractivity contribution >= 4 is 29.0 Å². The highest BCUT2D eigenvalue weighted by molar-refractivity contribution is 6.42. The molecule has 2 nitrogen and oxygen atoms in total. The maximum Gasteiger partial charge on any atom is 0.141 e. The standard InChI is InChI=1S/C16H14Cl2O2/c1-20-14-4-2-3-11(9-14)7-13(19)8-12-5-6-15(17)16(18)10-12/h2-6,9-10H,7-8H2,1H3. The van der Waals surface area contributed by atoms with Crippen molar-refractivity contribution in [3.8, 4) is 5.75 Å². The second-order valence-corrected chi connectivity index (χ2v) is 5.31. The molecule has 0 bridgehead atoms. The molecule has 0 aliphatic heterocycles. The summed E-state index contributed by atoms with van der Waals surface area (Å²) in [4.78, 5) is 12.1. The van der Waals surface area contributed by atoms with Gasteiger partial charge in [0.2, 0.25) is 0 Å². The predicted molar refractivity (Wildman–Crippen MR) is 81.9 cm³/mol. The van der Waals surface area contributed by atoms with E-state index in [0.29, 0.717) is 22.9 Å². The molecule has 0 amide bonds. The van der Waals surface area contributed by atoms with Gasteiger partial charge in [-0.15, -0.1) is 0 Å². The molecule has 2 aromatic rings. The Balaban J connectivity index is 2.03. The van der Waals surface area contributed by atoms with Gasteiger partial charge in [-0.3, -0.25) is 4.79 Å². The largest absolute Gasteiger partial charge is 0.497 e. The van der Waals surface area contributed by atoms with E-state index in [1.807, 2.05) is 30.3 Å². The summed E-state index contributed by atoms with van der Waals surface area (Å²) in [6, 6.07) is 12.8. The minimum Gasteiger partial charge on any atom is -0.497 e. The van der Waals surface area contributed by atoms with Gasteiger partial charge in [0, 0.05) is 12.8 Å². The predicted octanol–water partition coefficient (Wildman–Crippen LogP) is 4.36. The monoisotopic (exact) mass is 308 g/mol. The van der Waals surface area contributed by atoms with Gasteiger partial charge in [0.25, 0.3) is 0 Å². The van der Waals surface area contributed by atoms with Crippen LogP contribution in [0.1, 0.15) is 11.1 Å². The van der Waals surface area contributed by atoms with Crippen LogP contribution in [0.2, 0.25) is 10.0 Å². The average molecular weight is 309 g/mol. The summed E-state index contributed by atoms with van der Waals surface area (Å²) < 4.78 is 5.14. The molecule has 0 unspecified atom stereocenters. The Morgan fingerprint density at radius 2 is 1.70 bits per heavy atom. The summed E-state index contributed by atoms with van der Waals surface area (Å²) in [7, 11) is 1.61. The van der Waals surface area contributed by atoms with E-state index in [2.05, 4.69) is 0 Å². The quantitative estimate of drug-likeness (QED) is 0.820. The minimum atomic E-state index is 0.122. The molecular formula is C16H14Cl2O2. The topological polar surface area (TPSA) is 26.3 Å². The molecule has 0 radical (unpaired) electrons. The maximum atomic E-state index is 12.1. The Labute approximate surface area is 128 Å². The summed E-state index contributed by atoms with van der Waals surface area (Å²) in [6.07, 6.45) is 0.714. The zero-order valence-electron chi connectivity index (χ0n) is 11.0. The number of carbonyl (C=O) groups is 1. The average Bonchev–Trinajstić information content (AvgIpc) is 2.43. The van der Waals surface area contributed by atoms with Crippen LogP contribution >= 0.6 is 23.2 Å². The first-order chi connectivity index (χ1) is 9.58. The maximum absolute atomic E-state index is 12.1. The molecule has 0 aliphatic rings. The molecule has 0 saturated heterocycles. The lowest BCUT2D eigenvalue weighted by Gasteiger charge is -2.05. The van der Waals surface area contributed by atoms with E-state index in [0.717, 1.165) is 16.9 Å². The number of hydrogen-bond acceptors (Lipinski definition) is 2. The Hall–Kier alpha value is -1.51. The normalized spacial score (nSPS) is 10.3. The Bertz CT molecular complexity index is 624. The summed E-state index contributed by atoms with van der Waals surface area (Å²) in [5.41, 5.74) is 1.81. The second-order valence-electron chi connectivity index (χ2n) is 4.49. The number of Topliss-reactive ketones (excluding diaryl/α,β-unsaturated/α-hetero) is 1. The van der Waals surface area contributed by atoms with Crippen LogP contribution in [0.25, 0.3) is 0 Å². The van der Waals surface area contributed by atoms with Crippen molar-refractivity contribution in [3.63, 3.8) is 0 Å². The van der Waals surface area contributed by atoms with Gasteiger partial charge in [-0.25, -0.2) is 0 Å². The van der Waals surface area contributed by atoms with E-state index < -0.39 is 0 Å². The van der Waals surface area contributed by atoms with Crippen LogP contribution in [-0.4, -0.2) is 12.9 Å². The van der Waals surface area contributed by atoms with Crippen molar-refractivity contribution in [2.24, 2.45) is 0 Å². The Kier molecular flexibility index (Phi) is 5.05. The third-order valence-electron chi connectivity index (χ3n) is 2.92. The lowest BCUT2D eigenvalue weighted by atomic mass is 10.0. The molecule has 0 saturated carbocycles. The number of ketones is 1. The van der Waals surface area contributed by atoms with Crippen molar-refractivity contribution in [1.82, 2.24) is 0 Å². The second kappa shape index (κ2) is 6.78. The van der Waals surface area contributed by atoms with Crippen LogP contribution in [0.4, 0.5) is 0 Å². The number of methoxy groups -OCH3 is 1. The molecule has 0 fully saturated rings. The smallest absolute Gasteiger partial charge is 0.141 e. The first kappa shape index (κ1) is 14.9. The fraction of sp³-hybridized carbons (Fsp3) is 0.188. The highest BCUT2D eigenvalue weighted by Gasteiger charge is 2.08. The van der Waals surface area contributed by atoms with Gasteiger partial charge in [-0.1, -0.05) is 41.4 Å². The number of ether oxygens (including phenoxy) is 1. The van der Waals surface area contributed by atoms with Gasteiger partial charge < -0.3 is 4.74 Å². The lowest BCUT2D eigenvalue weighted by molar-refractivity contribution is -0.117. The molecule has 0 heterocycles. The fourth-order valence-corrected chi connectivity index (χ4v) is 2.27. The van der Waals surface area contributed by atoms with Crippen LogP contribution in [0.3, 0.4) is 0 Å². The highest BCUT2D eigenvalue weighted by Crippen LogP contribution is 2.23. The number of halogens is 2. The molecule has 20 heavy (non-hydrogen) atoms. The van der Waals surface area contributed by atoms with Crippen LogP contribution in [-0.2, 0) is 17.6 Å². The first-order valence-corrected chi connectivity index (χ1v) is 6.92. The van der Waals surface area contributed by atoms with E-state index in [4.69, 9.17) is 27.9 Å². The van der Waals surface area contributed by atoms with E-state index >= 15 is 0 Å². The van der Waals surface area contributed by atoms with Gasteiger partial charge in [0.15, 0.2) is 0 Å². The van der Waals surface area contributed by atoms with Gasteiger partial charge in [-0.2, -0.15) is 0 Å². The van der Waals surface area contributed by atoms with Crippen molar-refractivity contribution in [2.75, 3.05) is 7.11 Å². The third-order valence-corrected chi connectivity index (χ3v) is 3.66. The zero-order valence-corrected chi connectivity index (χ0v) is 12.5. The molecule has 2 aromatic carbocycles. The molecule has 0 aliphatic carbocycles. The number of carbonyl (C=O) groups excluding carboxylic acids is 1. The minimum absolute atomic E-state index is 0.122. The number of hydrogen-bond donors (Lipinski definition) is 0.